The van der Waals surface area contributed by atoms with Gasteiger partial charge in [-0.2, -0.15) is 11.8 Å². The summed E-state index contributed by atoms with van der Waals surface area (Å²) < 4.78 is 0. The van der Waals surface area contributed by atoms with Crippen LogP contribution in [0, 0.1) is 0 Å². The van der Waals surface area contributed by atoms with Gasteiger partial charge in [-0.05, 0) is 32.6 Å². The van der Waals surface area contributed by atoms with E-state index in [2.05, 4.69) is 42.5 Å². The molecule has 0 amide bonds. The molecule has 2 heterocycles. The van der Waals surface area contributed by atoms with E-state index in [0.29, 0.717) is 11.3 Å². The van der Waals surface area contributed by atoms with E-state index in [1.54, 1.807) is 0 Å². The van der Waals surface area contributed by atoms with Crippen molar-refractivity contribution in [3.8, 4) is 0 Å². The lowest BCUT2D eigenvalue weighted by molar-refractivity contribution is -0.00309. The minimum Gasteiger partial charge on any atom is -0.329 e. The van der Waals surface area contributed by atoms with E-state index in [-0.39, 0.29) is 5.54 Å². The summed E-state index contributed by atoms with van der Waals surface area (Å²) in [7, 11) is 2.22. The second kappa shape index (κ2) is 5.47. The van der Waals surface area contributed by atoms with E-state index in [0.717, 1.165) is 6.54 Å². The minimum atomic E-state index is 0.254. The normalized spacial score (nSPS) is 41.6. The van der Waals surface area contributed by atoms with Crippen molar-refractivity contribution in [3.63, 3.8) is 0 Å². The highest BCUT2D eigenvalue weighted by Gasteiger charge is 2.45. The van der Waals surface area contributed by atoms with Crippen LogP contribution in [-0.4, -0.2) is 65.6 Å². The summed E-state index contributed by atoms with van der Waals surface area (Å²) in [5.74, 6) is 1.31. The zero-order valence-corrected chi connectivity index (χ0v) is 12.3. The SMILES string of the molecule is CC1CN(C)CCN1C1(CN)CCCSC1C. The van der Waals surface area contributed by atoms with E-state index in [1.807, 2.05) is 0 Å². The van der Waals surface area contributed by atoms with E-state index in [4.69, 9.17) is 5.73 Å². The maximum absolute atomic E-state index is 6.19. The topological polar surface area (TPSA) is 32.5 Å². The molecule has 0 bridgehead atoms. The van der Waals surface area contributed by atoms with Gasteiger partial charge in [-0.15, -0.1) is 0 Å². The Morgan fingerprint density at radius 1 is 1.35 bits per heavy atom. The number of hydrogen-bond donors (Lipinski definition) is 1. The third-order valence-electron chi connectivity index (χ3n) is 4.63. The van der Waals surface area contributed by atoms with Gasteiger partial charge in [0, 0.05) is 43.0 Å². The Balaban J connectivity index is 2.16. The molecule has 100 valence electrons. The van der Waals surface area contributed by atoms with E-state index in [9.17, 15) is 0 Å². The molecule has 2 saturated heterocycles. The van der Waals surface area contributed by atoms with Crippen molar-refractivity contribution in [2.45, 2.75) is 43.5 Å². The maximum Gasteiger partial charge on any atom is 0.0451 e. The van der Waals surface area contributed by atoms with Crippen LogP contribution in [0.1, 0.15) is 26.7 Å². The molecule has 0 aromatic rings. The second-order valence-electron chi connectivity index (χ2n) is 5.73. The zero-order chi connectivity index (χ0) is 12.5. The minimum absolute atomic E-state index is 0.254. The molecule has 0 aromatic carbocycles. The van der Waals surface area contributed by atoms with E-state index < -0.39 is 0 Å². The molecular weight excluding hydrogens is 230 g/mol. The Labute approximate surface area is 110 Å². The van der Waals surface area contributed by atoms with Gasteiger partial charge in [-0.1, -0.05) is 6.92 Å². The first-order chi connectivity index (χ1) is 8.10. The number of hydrogen-bond acceptors (Lipinski definition) is 4. The number of likely N-dealkylation sites (N-methyl/N-ethyl adjacent to an activating group) is 1. The molecule has 0 aromatic heterocycles. The summed E-state index contributed by atoms with van der Waals surface area (Å²) in [6.07, 6.45) is 2.61. The average molecular weight is 257 g/mol. The van der Waals surface area contributed by atoms with Gasteiger partial charge in [0.05, 0.1) is 0 Å². The number of thioether (sulfide) groups is 1. The molecule has 17 heavy (non-hydrogen) atoms. The van der Waals surface area contributed by atoms with E-state index >= 15 is 0 Å². The van der Waals surface area contributed by atoms with Gasteiger partial charge in [0.15, 0.2) is 0 Å². The standard InChI is InChI=1S/C13H27N3S/c1-11-9-15(3)6-7-16(11)13(10-14)5-4-8-17-12(13)2/h11-12H,4-10,14H2,1-3H3. The highest BCUT2D eigenvalue weighted by molar-refractivity contribution is 8.00. The lowest BCUT2D eigenvalue weighted by Gasteiger charge is -2.54. The van der Waals surface area contributed by atoms with Gasteiger partial charge in [0.25, 0.3) is 0 Å². The first kappa shape index (κ1) is 13.7. The van der Waals surface area contributed by atoms with Crippen molar-refractivity contribution < 1.29 is 0 Å². The van der Waals surface area contributed by atoms with Crippen LogP contribution >= 0.6 is 11.8 Å². The summed E-state index contributed by atoms with van der Waals surface area (Å²) in [6.45, 7) is 9.10. The summed E-state index contributed by atoms with van der Waals surface area (Å²) >= 11 is 2.11. The fourth-order valence-electron chi connectivity index (χ4n) is 3.56. The number of rotatable bonds is 2. The molecule has 2 rings (SSSR count). The molecule has 0 aliphatic carbocycles. The smallest absolute Gasteiger partial charge is 0.0451 e. The lowest BCUT2D eigenvalue weighted by Crippen LogP contribution is -2.67. The average Bonchev–Trinajstić information content (AvgIpc) is 2.31. The first-order valence-corrected chi connectivity index (χ1v) is 7.92. The molecule has 2 aliphatic rings. The molecule has 3 unspecified atom stereocenters. The Hall–Kier alpha value is 0.230. The number of piperazine rings is 1. The van der Waals surface area contributed by atoms with Crippen molar-refractivity contribution in [3.05, 3.63) is 0 Å². The summed E-state index contributed by atoms with van der Waals surface area (Å²) in [6, 6.07) is 0.637. The van der Waals surface area contributed by atoms with Crippen molar-refractivity contribution in [1.29, 1.82) is 0 Å². The molecule has 3 atom stereocenters. The van der Waals surface area contributed by atoms with Crippen LogP contribution in [-0.2, 0) is 0 Å². The Kier molecular flexibility index (Phi) is 4.40. The fraction of sp³-hybridized carbons (Fsp3) is 1.00. The Morgan fingerprint density at radius 3 is 2.71 bits per heavy atom. The van der Waals surface area contributed by atoms with Crippen molar-refractivity contribution in [2.24, 2.45) is 5.73 Å². The van der Waals surface area contributed by atoms with Crippen LogP contribution in [0.2, 0.25) is 0 Å². The van der Waals surface area contributed by atoms with Crippen LogP contribution in [0.5, 0.6) is 0 Å². The number of nitrogens with zero attached hydrogens (tertiary/aromatic N) is 2. The quantitative estimate of drug-likeness (QED) is 0.807. The zero-order valence-electron chi connectivity index (χ0n) is 11.5. The van der Waals surface area contributed by atoms with Crippen LogP contribution in [0.4, 0.5) is 0 Å². The molecule has 3 nitrogen and oxygen atoms in total. The summed E-state index contributed by atoms with van der Waals surface area (Å²) in [5.41, 5.74) is 6.44. The van der Waals surface area contributed by atoms with Gasteiger partial charge in [-0.25, -0.2) is 0 Å². The van der Waals surface area contributed by atoms with Gasteiger partial charge in [0.2, 0.25) is 0 Å². The van der Waals surface area contributed by atoms with Gasteiger partial charge >= 0.3 is 0 Å². The van der Waals surface area contributed by atoms with Crippen LogP contribution in [0.3, 0.4) is 0 Å². The van der Waals surface area contributed by atoms with Crippen molar-refractivity contribution >= 4 is 11.8 Å². The van der Waals surface area contributed by atoms with Gasteiger partial charge in [-0.3, -0.25) is 4.90 Å². The summed E-state index contributed by atoms with van der Waals surface area (Å²) in [4.78, 5) is 5.15. The third kappa shape index (κ3) is 2.50. The predicted molar refractivity (Wildman–Crippen MR) is 76.6 cm³/mol. The monoisotopic (exact) mass is 257 g/mol. The van der Waals surface area contributed by atoms with Gasteiger partial charge in [0.1, 0.15) is 0 Å². The molecule has 0 spiro atoms. The van der Waals surface area contributed by atoms with Crippen molar-refractivity contribution in [2.75, 3.05) is 39.0 Å². The van der Waals surface area contributed by atoms with Crippen molar-refractivity contribution in [1.82, 2.24) is 9.80 Å². The predicted octanol–water partition coefficient (Wildman–Crippen LogP) is 1.24. The Morgan fingerprint density at radius 2 is 2.12 bits per heavy atom. The van der Waals surface area contributed by atoms with Crippen LogP contribution in [0.25, 0.3) is 0 Å². The van der Waals surface area contributed by atoms with E-state index in [1.165, 1.54) is 38.2 Å². The highest BCUT2D eigenvalue weighted by Crippen LogP contribution is 2.39. The summed E-state index contributed by atoms with van der Waals surface area (Å²) in [5, 5.41) is 0.673. The third-order valence-corrected chi connectivity index (χ3v) is 6.10. The highest BCUT2D eigenvalue weighted by atomic mass is 32.2. The molecule has 2 N–H and O–H groups in total. The largest absolute Gasteiger partial charge is 0.329 e. The Bertz CT molecular complexity index is 261. The van der Waals surface area contributed by atoms with Gasteiger partial charge < -0.3 is 10.6 Å². The fourth-order valence-corrected chi connectivity index (χ4v) is 4.88. The van der Waals surface area contributed by atoms with Crippen LogP contribution < -0.4 is 5.73 Å². The molecule has 4 heteroatoms. The molecule has 0 saturated carbocycles. The first-order valence-electron chi connectivity index (χ1n) is 6.87. The molecule has 2 aliphatic heterocycles. The second-order valence-corrected chi connectivity index (χ2v) is 7.18. The molecule has 2 fully saturated rings. The number of nitrogens with two attached hydrogens (primary N) is 1. The lowest BCUT2D eigenvalue weighted by atomic mass is 9.85. The molecule has 0 radical (unpaired) electrons. The van der Waals surface area contributed by atoms with Crippen LogP contribution in [0.15, 0.2) is 0 Å². The molecular formula is C13H27N3S. The maximum atomic E-state index is 6.19.